The van der Waals surface area contributed by atoms with Gasteiger partial charge in [0.1, 0.15) is 17.9 Å². The lowest BCUT2D eigenvalue weighted by atomic mass is 9.94. The van der Waals surface area contributed by atoms with E-state index >= 15 is 0 Å². The number of benzene rings is 1. The molecule has 8 heteroatoms. The molecule has 170 valence electrons. The molecule has 0 bridgehead atoms. The number of hydrogen-bond acceptors (Lipinski definition) is 5. The van der Waals surface area contributed by atoms with Gasteiger partial charge in [0.25, 0.3) is 5.91 Å². The highest BCUT2D eigenvalue weighted by Crippen LogP contribution is 2.25. The minimum absolute atomic E-state index is 0.00500. The van der Waals surface area contributed by atoms with E-state index in [0.29, 0.717) is 19.7 Å². The second-order valence-corrected chi connectivity index (χ2v) is 8.67. The van der Waals surface area contributed by atoms with Crippen LogP contribution in [0.4, 0.5) is 0 Å². The fourth-order valence-corrected chi connectivity index (χ4v) is 4.52. The predicted molar refractivity (Wildman–Crippen MR) is 118 cm³/mol. The van der Waals surface area contributed by atoms with E-state index in [1.165, 1.54) is 24.3 Å². The van der Waals surface area contributed by atoms with Gasteiger partial charge in [-0.15, -0.1) is 0 Å². The first-order valence-electron chi connectivity index (χ1n) is 11.3. The van der Waals surface area contributed by atoms with Gasteiger partial charge in [-0.3, -0.25) is 19.5 Å². The molecule has 4 rings (SSSR count). The van der Waals surface area contributed by atoms with Crippen LogP contribution in [0.5, 0.6) is 0 Å². The zero-order valence-corrected chi connectivity index (χ0v) is 18.5. The highest BCUT2D eigenvalue weighted by atomic mass is 16.5. The van der Waals surface area contributed by atoms with Crippen molar-refractivity contribution in [2.75, 3.05) is 19.6 Å². The van der Waals surface area contributed by atoms with E-state index in [2.05, 4.69) is 10.2 Å². The maximum absolute atomic E-state index is 13.2. The quantitative estimate of drug-likeness (QED) is 0.700. The largest absolute Gasteiger partial charge is 0.370 e. The first kappa shape index (κ1) is 22.2. The monoisotopic (exact) mass is 438 g/mol. The van der Waals surface area contributed by atoms with Crippen molar-refractivity contribution in [3.63, 3.8) is 0 Å². The number of H-pyrrole nitrogens is 1. The lowest BCUT2D eigenvalue weighted by Crippen LogP contribution is -2.46. The zero-order chi connectivity index (χ0) is 22.5. The van der Waals surface area contributed by atoms with E-state index < -0.39 is 0 Å². The fraction of sp³-hybridized carbons (Fsp3) is 0.500. The Labute approximate surface area is 187 Å². The number of amides is 2. The van der Waals surface area contributed by atoms with Gasteiger partial charge in [-0.05, 0) is 24.5 Å². The Bertz CT molecular complexity index is 952. The molecule has 2 amide bonds. The summed E-state index contributed by atoms with van der Waals surface area (Å²) in [5.74, 6) is -0.626. The zero-order valence-electron chi connectivity index (χ0n) is 18.5. The summed E-state index contributed by atoms with van der Waals surface area (Å²) in [7, 11) is 0. The molecule has 2 aliphatic rings. The molecular weight excluding hydrogens is 408 g/mol. The average molecular weight is 439 g/mol. The van der Waals surface area contributed by atoms with Crippen LogP contribution in [-0.4, -0.2) is 69.4 Å². The standard InChI is InChI=1S/C24H30N4O4/c1-17(29)21-12-22(26-25-21)24(31)27-13-20(32-16-18-8-4-2-5-9-18)14-28(23(30)15-27)19-10-6-3-7-11-19/h2,4-5,8-9,12,19-20H,3,6-7,10-11,13-16H2,1H3,(H,25,26). The second-order valence-electron chi connectivity index (χ2n) is 8.67. The van der Waals surface area contributed by atoms with Crippen molar-refractivity contribution in [2.45, 2.75) is 57.8 Å². The number of ether oxygens (including phenoxy) is 1. The van der Waals surface area contributed by atoms with E-state index in [1.807, 2.05) is 35.2 Å². The average Bonchev–Trinajstić information content (AvgIpc) is 3.25. The maximum atomic E-state index is 13.2. The van der Waals surface area contributed by atoms with Gasteiger partial charge < -0.3 is 14.5 Å². The summed E-state index contributed by atoms with van der Waals surface area (Å²) in [5, 5.41) is 6.55. The highest BCUT2D eigenvalue weighted by molar-refractivity contribution is 5.98. The third-order valence-electron chi connectivity index (χ3n) is 6.27. The van der Waals surface area contributed by atoms with Crippen molar-refractivity contribution in [3.05, 3.63) is 53.3 Å². The fourth-order valence-electron chi connectivity index (χ4n) is 4.52. The smallest absolute Gasteiger partial charge is 0.272 e. The van der Waals surface area contributed by atoms with Crippen LogP contribution in [-0.2, 0) is 16.1 Å². The molecule has 2 fully saturated rings. The van der Waals surface area contributed by atoms with Crippen LogP contribution in [0.25, 0.3) is 0 Å². The van der Waals surface area contributed by atoms with Gasteiger partial charge >= 0.3 is 0 Å². The van der Waals surface area contributed by atoms with Gasteiger partial charge in [-0.2, -0.15) is 5.10 Å². The van der Waals surface area contributed by atoms with Crippen molar-refractivity contribution in [1.29, 1.82) is 0 Å². The van der Waals surface area contributed by atoms with E-state index in [0.717, 1.165) is 31.2 Å². The molecule has 1 aromatic carbocycles. The Hall–Kier alpha value is -3.00. The number of Topliss-reactive ketones (excluding diaryl/α,β-unsaturated/α-hetero) is 1. The molecule has 0 spiro atoms. The van der Waals surface area contributed by atoms with Crippen molar-refractivity contribution in [2.24, 2.45) is 0 Å². The van der Waals surface area contributed by atoms with Gasteiger partial charge in [-0.25, -0.2) is 0 Å². The van der Waals surface area contributed by atoms with Crippen LogP contribution < -0.4 is 0 Å². The number of nitrogens with zero attached hydrogens (tertiary/aromatic N) is 3. The molecule has 1 N–H and O–H groups in total. The molecule has 2 heterocycles. The van der Waals surface area contributed by atoms with E-state index in [-0.39, 0.29) is 47.7 Å². The lowest BCUT2D eigenvalue weighted by molar-refractivity contribution is -0.134. The van der Waals surface area contributed by atoms with Gasteiger partial charge in [0, 0.05) is 26.1 Å². The summed E-state index contributed by atoms with van der Waals surface area (Å²) >= 11 is 0. The Morgan fingerprint density at radius 2 is 1.88 bits per heavy atom. The minimum atomic E-state index is -0.350. The third kappa shape index (κ3) is 5.24. The molecule has 32 heavy (non-hydrogen) atoms. The first-order chi connectivity index (χ1) is 15.5. The van der Waals surface area contributed by atoms with Crippen LogP contribution in [0.15, 0.2) is 36.4 Å². The van der Waals surface area contributed by atoms with Crippen molar-refractivity contribution in [3.8, 4) is 0 Å². The number of aromatic nitrogens is 2. The van der Waals surface area contributed by atoms with Gasteiger partial charge in [0.2, 0.25) is 5.91 Å². The Kier molecular flexibility index (Phi) is 6.99. The number of ketones is 1. The lowest BCUT2D eigenvalue weighted by Gasteiger charge is -2.34. The van der Waals surface area contributed by atoms with E-state index in [4.69, 9.17) is 4.74 Å². The van der Waals surface area contributed by atoms with E-state index in [1.54, 1.807) is 0 Å². The van der Waals surface area contributed by atoms with E-state index in [9.17, 15) is 14.4 Å². The summed E-state index contributed by atoms with van der Waals surface area (Å²) < 4.78 is 6.21. The molecule has 8 nitrogen and oxygen atoms in total. The number of hydrogen-bond donors (Lipinski definition) is 1. The number of carbonyl (C=O) groups is 3. The van der Waals surface area contributed by atoms with Gasteiger partial charge in [0.15, 0.2) is 5.78 Å². The SMILES string of the molecule is CC(=O)c1cc(C(=O)N2CC(=O)N(C3CCCCC3)CC(OCc3ccccc3)C2)[nH]n1. The van der Waals surface area contributed by atoms with Crippen LogP contribution in [0.2, 0.25) is 0 Å². The van der Waals surface area contributed by atoms with Crippen LogP contribution in [0, 0.1) is 0 Å². The molecule has 1 saturated heterocycles. The predicted octanol–water partition coefficient (Wildman–Crippen LogP) is 2.81. The van der Waals surface area contributed by atoms with Crippen LogP contribution in [0.3, 0.4) is 0 Å². The molecule has 2 aromatic rings. The van der Waals surface area contributed by atoms with Gasteiger partial charge in [0.05, 0.1) is 12.7 Å². The number of rotatable bonds is 6. The summed E-state index contributed by atoms with van der Waals surface area (Å²) in [4.78, 5) is 41.3. The van der Waals surface area contributed by atoms with Crippen molar-refractivity contribution < 1.29 is 19.1 Å². The second kappa shape index (κ2) is 10.1. The van der Waals surface area contributed by atoms with Gasteiger partial charge in [-0.1, -0.05) is 49.6 Å². The van der Waals surface area contributed by atoms with Crippen molar-refractivity contribution >= 4 is 17.6 Å². The maximum Gasteiger partial charge on any atom is 0.272 e. The minimum Gasteiger partial charge on any atom is -0.370 e. The molecule has 1 saturated carbocycles. The first-order valence-corrected chi connectivity index (χ1v) is 11.3. The Morgan fingerprint density at radius 3 is 2.56 bits per heavy atom. The molecule has 1 unspecified atom stereocenters. The number of aromatic amines is 1. The summed E-state index contributed by atoms with van der Waals surface area (Å²) in [6, 6.07) is 11.5. The summed E-state index contributed by atoms with van der Waals surface area (Å²) in [5.41, 5.74) is 1.45. The van der Waals surface area contributed by atoms with Crippen molar-refractivity contribution in [1.82, 2.24) is 20.0 Å². The molecule has 1 atom stereocenters. The Morgan fingerprint density at radius 1 is 1.12 bits per heavy atom. The molecule has 0 radical (unpaired) electrons. The summed E-state index contributed by atoms with van der Waals surface area (Å²) in [6.45, 7) is 2.58. The topological polar surface area (TPSA) is 95.6 Å². The highest BCUT2D eigenvalue weighted by Gasteiger charge is 2.35. The molecule has 1 aliphatic heterocycles. The Balaban J connectivity index is 1.53. The van der Waals surface area contributed by atoms with Crippen LogP contribution >= 0.6 is 0 Å². The van der Waals surface area contributed by atoms with Crippen LogP contribution in [0.1, 0.15) is 65.6 Å². The summed E-state index contributed by atoms with van der Waals surface area (Å²) in [6.07, 6.45) is 5.13. The number of carbonyl (C=O) groups excluding carboxylic acids is 3. The third-order valence-corrected chi connectivity index (χ3v) is 6.27. The number of nitrogens with one attached hydrogen (secondary N) is 1. The molecule has 1 aromatic heterocycles. The molecule has 1 aliphatic carbocycles. The normalized spacial score (nSPS) is 20.3. The molecular formula is C24H30N4O4.